The molecule has 0 aliphatic carbocycles. The predicted molar refractivity (Wildman–Crippen MR) is 83.6 cm³/mol. The number of hydrogen-bond donors (Lipinski definition) is 1. The van der Waals surface area contributed by atoms with E-state index >= 15 is 0 Å². The molecule has 0 saturated carbocycles. The first-order valence-corrected chi connectivity index (χ1v) is 7.78. The number of carbonyl (C=O) groups excluding carboxylic acids is 2. The van der Waals surface area contributed by atoms with Crippen molar-refractivity contribution in [3.63, 3.8) is 0 Å². The van der Waals surface area contributed by atoms with Crippen LogP contribution in [0.25, 0.3) is 0 Å². The van der Waals surface area contributed by atoms with E-state index in [-0.39, 0.29) is 17.8 Å². The molecular weight excluding hydrogens is 359 g/mol. The van der Waals surface area contributed by atoms with Crippen molar-refractivity contribution in [3.05, 3.63) is 51.9 Å². The highest BCUT2D eigenvalue weighted by atomic mass is 32.1. The summed E-state index contributed by atoms with van der Waals surface area (Å²) in [5.74, 6) is -6.38. The highest BCUT2D eigenvalue weighted by Crippen LogP contribution is 2.19. The summed E-state index contributed by atoms with van der Waals surface area (Å²) in [6.07, 6.45) is 0.959. The molecule has 0 fully saturated rings. The lowest BCUT2D eigenvalue weighted by molar-refractivity contribution is -0.138. The number of Topliss-reactive ketones (excluding diaryl/α,β-unsaturated/α-hetero) is 1. The van der Waals surface area contributed by atoms with Gasteiger partial charge in [-0.1, -0.05) is 11.3 Å². The number of benzene rings is 1. The van der Waals surface area contributed by atoms with Gasteiger partial charge >= 0.3 is 5.97 Å². The summed E-state index contributed by atoms with van der Waals surface area (Å²) in [5, 5.41) is 11.0. The molecule has 0 radical (unpaired) electrons. The molecule has 2 aromatic rings. The third kappa shape index (κ3) is 4.41. The van der Waals surface area contributed by atoms with Crippen LogP contribution in [-0.4, -0.2) is 28.6 Å². The van der Waals surface area contributed by atoms with E-state index in [9.17, 15) is 22.8 Å². The first kappa shape index (κ1) is 18.6. The lowest BCUT2D eigenvalue weighted by atomic mass is 10.0. The summed E-state index contributed by atoms with van der Waals surface area (Å²) < 4.78 is 44.9. The fraction of sp³-hybridized carbons (Fsp3) is 0.200. The second-order valence-electron chi connectivity index (χ2n) is 4.62. The van der Waals surface area contributed by atoms with Crippen molar-refractivity contribution < 1.29 is 27.5 Å². The van der Waals surface area contributed by atoms with E-state index in [4.69, 9.17) is 4.74 Å². The van der Waals surface area contributed by atoms with Gasteiger partial charge in [-0.25, -0.2) is 18.0 Å². The van der Waals surface area contributed by atoms with Crippen LogP contribution in [0.5, 0.6) is 0 Å². The Bertz CT molecular complexity index is 852. The molecule has 6 nitrogen and oxygen atoms in total. The Morgan fingerprint density at radius 1 is 1.20 bits per heavy atom. The summed E-state index contributed by atoms with van der Waals surface area (Å²) in [7, 11) is 0. The van der Waals surface area contributed by atoms with Crippen molar-refractivity contribution in [3.8, 4) is 0 Å². The number of aryl methyl sites for hydroxylation is 1. The fourth-order valence-electron chi connectivity index (χ4n) is 1.76. The summed E-state index contributed by atoms with van der Waals surface area (Å²) in [6, 6.07) is 0.613. The van der Waals surface area contributed by atoms with Gasteiger partial charge in [-0.05, 0) is 19.9 Å². The molecule has 1 N–H and O–H groups in total. The summed E-state index contributed by atoms with van der Waals surface area (Å²) in [4.78, 5) is 24.4. The lowest BCUT2D eigenvalue weighted by Gasteiger charge is -2.08. The van der Waals surface area contributed by atoms with Crippen LogP contribution in [0.3, 0.4) is 0 Å². The topological polar surface area (TPSA) is 81.2 Å². The van der Waals surface area contributed by atoms with E-state index in [1.807, 2.05) is 0 Å². The quantitative estimate of drug-likeness (QED) is 0.210. The monoisotopic (exact) mass is 371 g/mol. The molecule has 1 aromatic carbocycles. The minimum atomic E-state index is -1.45. The Labute approximate surface area is 144 Å². The molecule has 132 valence electrons. The molecule has 10 heteroatoms. The number of ether oxygens (including phenoxy) is 1. The number of carbonyl (C=O) groups is 2. The SMILES string of the molecule is CCOC(=O)/C(=C\Nc1nnc(C)s1)C(=O)c1cc(F)c(F)cc1F. The molecule has 0 aliphatic rings. The largest absolute Gasteiger partial charge is 0.462 e. The number of rotatable bonds is 6. The van der Waals surface area contributed by atoms with Gasteiger partial charge in [-0.3, -0.25) is 4.79 Å². The molecule has 0 spiro atoms. The number of esters is 1. The van der Waals surface area contributed by atoms with Crippen LogP contribution in [0.4, 0.5) is 18.3 Å². The van der Waals surface area contributed by atoms with Crippen molar-refractivity contribution in [1.82, 2.24) is 10.2 Å². The minimum absolute atomic E-state index is 0.0400. The van der Waals surface area contributed by atoms with Gasteiger partial charge in [-0.15, -0.1) is 10.2 Å². The number of ketones is 1. The van der Waals surface area contributed by atoms with E-state index in [1.54, 1.807) is 6.92 Å². The van der Waals surface area contributed by atoms with Gasteiger partial charge < -0.3 is 10.1 Å². The average molecular weight is 371 g/mol. The van der Waals surface area contributed by atoms with E-state index in [0.717, 1.165) is 17.5 Å². The summed E-state index contributed by atoms with van der Waals surface area (Å²) in [6.45, 7) is 3.17. The predicted octanol–water partition coefficient (Wildman–Crippen LogP) is 3.01. The van der Waals surface area contributed by atoms with Crippen molar-refractivity contribution >= 4 is 28.2 Å². The summed E-state index contributed by atoms with van der Waals surface area (Å²) in [5.41, 5.74) is -1.40. The summed E-state index contributed by atoms with van der Waals surface area (Å²) >= 11 is 1.14. The second kappa shape index (κ2) is 7.88. The van der Waals surface area contributed by atoms with E-state index in [2.05, 4.69) is 15.5 Å². The number of anilines is 1. The van der Waals surface area contributed by atoms with E-state index < -0.39 is 40.3 Å². The Kier molecular flexibility index (Phi) is 5.86. The highest BCUT2D eigenvalue weighted by Gasteiger charge is 2.25. The normalized spacial score (nSPS) is 11.3. The molecule has 0 atom stereocenters. The maximum Gasteiger partial charge on any atom is 0.343 e. The van der Waals surface area contributed by atoms with Crippen molar-refractivity contribution in [1.29, 1.82) is 0 Å². The third-order valence-electron chi connectivity index (χ3n) is 2.86. The van der Waals surface area contributed by atoms with Crippen LogP contribution >= 0.6 is 11.3 Å². The molecule has 2 rings (SSSR count). The Morgan fingerprint density at radius 2 is 1.88 bits per heavy atom. The first-order valence-electron chi connectivity index (χ1n) is 6.96. The lowest BCUT2D eigenvalue weighted by Crippen LogP contribution is -2.19. The van der Waals surface area contributed by atoms with Crippen LogP contribution in [-0.2, 0) is 9.53 Å². The van der Waals surface area contributed by atoms with Gasteiger partial charge in [0.2, 0.25) is 10.9 Å². The fourth-order valence-corrected chi connectivity index (χ4v) is 2.32. The number of aromatic nitrogens is 2. The van der Waals surface area contributed by atoms with Crippen LogP contribution < -0.4 is 5.32 Å². The highest BCUT2D eigenvalue weighted by molar-refractivity contribution is 7.15. The van der Waals surface area contributed by atoms with Gasteiger partial charge in [0, 0.05) is 12.3 Å². The number of nitrogens with zero attached hydrogens (tertiary/aromatic N) is 2. The zero-order valence-electron chi connectivity index (χ0n) is 13.1. The van der Waals surface area contributed by atoms with Gasteiger partial charge in [0.1, 0.15) is 16.4 Å². The standard InChI is InChI=1S/C15H12F3N3O3S/c1-3-24-14(23)9(6-19-15-21-20-7(2)25-15)13(22)8-4-11(17)12(18)5-10(8)16/h4-6H,3H2,1-2H3,(H,19,21)/b9-6-. The molecule has 1 heterocycles. The Balaban J connectivity index is 2.39. The van der Waals surface area contributed by atoms with Crippen LogP contribution in [0, 0.1) is 24.4 Å². The zero-order chi connectivity index (χ0) is 18.6. The van der Waals surface area contributed by atoms with Crippen LogP contribution in [0.15, 0.2) is 23.9 Å². The molecule has 0 unspecified atom stereocenters. The van der Waals surface area contributed by atoms with Gasteiger partial charge in [0.25, 0.3) is 0 Å². The van der Waals surface area contributed by atoms with Gasteiger partial charge in [0.05, 0.1) is 12.2 Å². The Morgan fingerprint density at radius 3 is 2.48 bits per heavy atom. The van der Waals surface area contributed by atoms with E-state index in [1.165, 1.54) is 6.92 Å². The molecule has 0 amide bonds. The molecule has 25 heavy (non-hydrogen) atoms. The number of halogens is 3. The molecule has 1 aromatic heterocycles. The average Bonchev–Trinajstić information content (AvgIpc) is 2.96. The van der Waals surface area contributed by atoms with Gasteiger partial charge in [-0.2, -0.15) is 0 Å². The molecular formula is C15H12F3N3O3S. The van der Waals surface area contributed by atoms with Crippen molar-refractivity contribution in [2.75, 3.05) is 11.9 Å². The third-order valence-corrected chi connectivity index (χ3v) is 3.63. The number of hydrogen-bond acceptors (Lipinski definition) is 7. The van der Waals surface area contributed by atoms with Crippen LogP contribution in [0.2, 0.25) is 0 Å². The second-order valence-corrected chi connectivity index (χ2v) is 5.81. The van der Waals surface area contributed by atoms with Crippen molar-refractivity contribution in [2.24, 2.45) is 0 Å². The van der Waals surface area contributed by atoms with Crippen LogP contribution in [0.1, 0.15) is 22.3 Å². The molecule has 0 saturated heterocycles. The molecule has 0 aliphatic heterocycles. The Hall–Kier alpha value is -2.75. The maximum absolute atomic E-state index is 13.8. The number of nitrogens with one attached hydrogen (secondary N) is 1. The minimum Gasteiger partial charge on any atom is -0.462 e. The van der Waals surface area contributed by atoms with Gasteiger partial charge in [0.15, 0.2) is 11.6 Å². The zero-order valence-corrected chi connectivity index (χ0v) is 13.9. The maximum atomic E-state index is 13.8. The van der Waals surface area contributed by atoms with Crippen molar-refractivity contribution in [2.45, 2.75) is 13.8 Å². The molecule has 0 bridgehead atoms. The van der Waals surface area contributed by atoms with E-state index in [0.29, 0.717) is 11.1 Å². The smallest absolute Gasteiger partial charge is 0.343 e. The first-order chi connectivity index (χ1) is 11.8.